The zero-order chi connectivity index (χ0) is 8.55. The molecule has 0 aliphatic carbocycles. The standard InChI is InChI=1S/C9H4ClNS/c10-8-2-1-6(5-11)9-7(8)3-4-12-9/h1-4H. The summed E-state index contributed by atoms with van der Waals surface area (Å²) in [4.78, 5) is 0. The molecule has 1 heterocycles. The number of hydrogen-bond donors (Lipinski definition) is 0. The lowest BCUT2D eigenvalue weighted by molar-refractivity contribution is 1.51. The molecule has 0 bridgehead atoms. The lowest BCUT2D eigenvalue weighted by atomic mass is 10.2. The molecule has 0 radical (unpaired) electrons. The summed E-state index contributed by atoms with van der Waals surface area (Å²) in [5, 5.41) is 12.4. The van der Waals surface area contributed by atoms with Crippen molar-refractivity contribution in [2.75, 3.05) is 0 Å². The lowest BCUT2D eigenvalue weighted by Gasteiger charge is -1.94. The van der Waals surface area contributed by atoms with E-state index in [0.717, 1.165) is 10.1 Å². The van der Waals surface area contributed by atoms with Crippen molar-refractivity contribution in [1.82, 2.24) is 0 Å². The minimum Gasteiger partial charge on any atom is -0.192 e. The summed E-state index contributed by atoms with van der Waals surface area (Å²) >= 11 is 7.47. The van der Waals surface area contributed by atoms with E-state index in [1.54, 1.807) is 23.5 Å². The highest BCUT2D eigenvalue weighted by atomic mass is 35.5. The van der Waals surface area contributed by atoms with Crippen molar-refractivity contribution in [1.29, 1.82) is 5.26 Å². The molecule has 0 saturated heterocycles. The molecule has 1 nitrogen and oxygen atoms in total. The SMILES string of the molecule is N#Cc1ccc(Cl)c2ccsc12. The van der Waals surface area contributed by atoms with Crippen LogP contribution in [0.5, 0.6) is 0 Å². The number of thiophene rings is 1. The van der Waals surface area contributed by atoms with Gasteiger partial charge in [0.2, 0.25) is 0 Å². The zero-order valence-electron chi connectivity index (χ0n) is 6.04. The molecule has 0 aliphatic heterocycles. The molecular weight excluding hydrogens is 190 g/mol. The van der Waals surface area contributed by atoms with Gasteiger partial charge in [-0.05, 0) is 23.6 Å². The summed E-state index contributed by atoms with van der Waals surface area (Å²) in [7, 11) is 0. The van der Waals surface area contributed by atoms with Crippen LogP contribution in [0.2, 0.25) is 5.02 Å². The quantitative estimate of drug-likeness (QED) is 0.629. The van der Waals surface area contributed by atoms with Gasteiger partial charge < -0.3 is 0 Å². The maximum Gasteiger partial charge on any atom is 0.101 e. The number of nitrogens with zero attached hydrogens (tertiary/aromatic N) is 1. The highest BCUT2D eigenvalue weighted by molar-refractivity contribution is 7.17. The molecule has 0 saturated carbocycles. The highest BCUT2D eigenvalue weighted by Gasteiger charge is 2.04. The topological polar surface area (TPSA) is 23.8 Å². The third-order valence-corrected chi connectivity index (χ3v) is 2.96. The van der Waals surface area contributed by atoms with Crippen LogP contribution >= 0.6 is 22.9 Å². The first-order valence-corrected chi connectivity index (χ1v) is 4.64. The molecular formula is C9H4ClNS. The van der Waals surface area contributed by atoms with Gasteiger partial charge in [-0.3, -0.25) is 0 Å². The number of fused-ring (bicyclic) bond motifs is 1. The van der Waals surface area contributed by atoms with E-state index in [2.05, 4.69) is 6.07 Å². The number of benzene rings is 1. The predicted molar refractivity (Wildman–Crippen MR) is 51.6 cm³/mol. The largest absolute Gasteiger partial charge is 0.192 e. The smallest absolute Gasteiger partial charge is 0.101 e. The Bertz CT molecular complexity index is 467. The van der Waals surface area contributed by atoms with Crippen LogP contribution in [0, 0.1) is 11.3 Å². The first-order chi connectivity index (χ1) is 5.83. The van der Waals surface area contributed by atoms with Crippen LogP contribution in [0.15, 0.2) is 23.6 Å². The van der Waals surface area contributed by atoms with Crippen LogP contribution in [0.4, 0.5) is 0 Å². The van der Waals surface area contributed by atoms with E-state index in [4.69, 9.17) is 16.9 Å². The Morgan fingerprint density at radius 1 is 1.33 bits per heavy atom. The number of hydrogen-bond acceptors (Lipinski definition) is 2. The van der Waals surface area contributed by atoms with Crippen molar-refractivity contribution < 1.29 is 0 Å². The number of halogens is 1. The molecule has 0 spiro atoms. The second kappa shape index (κ2) is 2.78. The van der Waals surface area contributed by atoms with E-state index in [0.29, 0.717) is 10.6 Å². The molecule has 1 aromatic heterocycles. The third kappa shape index (κ3) is 0.989. The van der Waals surface area contributed by atoms with Crippen molar-refractivity contribution in [3.8, 4) is 6.07 Å². The predicted octanol–water partition coefficient (Wildman–Crippen LogP) is 3.43. The van der Waals surface area contributed by atoms with Gasteiger partial charge in [-0.1, -0.05) is 11.6 Å². The van der Waals surface area contributed by atoms with Crippen LogP contribution in [0.1, 0.15) is 5.56 Å². The van der Waals surface area contributed by atoms with E-state index in [-0.39, 0.29) is 0 Å². The molecule has 0 amide bonds. The maximum absolute atomic E-state index is 8.76. The van der Waals surface area contributed by atoms with Crippen molar-refractivity contribution in [2.45, 2.75) is 0 Å². The monoisotopic (exact) mass is 193 g/mol. The molecule has 2 rings (SSSR count). The summed E-state index contributed by atoms with van der Waals surface area (Å²) in [5.41, 5.74) is 0.699. The molecule has 0 unspecified atom stereocenters. The highest BCUT2D eigenvalue weighted by Crippen LogP contribution is 2.30. The van der Waals surface area contributed by atoms with Crippen LogP contribution in [-0.4, -0.2) is 0 Å². The second-order valence-electron chi connectivity index (χ2n) is 2.37. The molecule has 0 atom stereocenters. The molecule has 0 N–H and O–H groups in total. The van der Waals surface area contributed by atoms with Gasteiger partial charge in [-0.2, -0.15) is 5.26 Å². The van der Waals surface area contributed by atoms with Gasteiger partial charge in [0.15, 0.2) is 0 Å². The molecule has 3 heteroatoms. The summed E-state index contributed by atoms with van der Waals surface area (Å²) in [6.07, 6.45) is 0. The first kappa shape index (κ1) is 7.60. The zero-order valence-corrected chi connectivity index (χ0v) is 7.62. The fourth-order valence-corrected chi connectivity index (χ4v) is 2.28. The average Bonchev–Trinajstić information content (AvgIpc) is 2.54. The maximum atomic E-state index is 8.76. The molecule has 12 heavy (non-hydrogen) atoms. The summed E-state index contributed by atoms with van der Waals surface area (Å²) < 4.78 is 0.977. The first-order valence-electron chi connectivity index (χ1n) is 3.39. The fraction of sp³-hybridized carbons (Fsp3) is 0. The molecule has 2 aromatic rings. The summed E-state index contributed by atoms with van der Waals surface area (Å²) in [6.45, 7) is 0. The van der Waals surface area contributed by atoms with Gasteiger partial charge in [0.1, 0.15) is 6.07 Å². The van der Waals surface area contributed by atoms with E-state index < -0.39 is 0 Å². The number of nitriles is 1. The van der Waals surface area contributed by atoms with Crippen LogP contribution in [0.25, 0.3) is 10.1 Å². The molecule has 58 valence electrons. The van der Waals surface area contributed by atoms with E-state index in [9.17, 15) is 0 Å². The number of rotatable bonds is 0. The summed E-state index contributed by atoms with van der Waals surface area (Å²) in [5.74, 6) is 0. The Kier molecular flexibility index (Phi) is 1.76. The van der Waals surface area contributed by atoms with Crippen molar-refractivity contribution in [3.63, 3.8) is 0 Å². The molecule has 0 fully saturated rings. The molecule has 0 aliphatic rings. The normalized spacial score (nSPS) is 10.0. The van der Waals surface area contributed by atoms with Gasteiger partial charge in [-0.25, -0.2) is 0 Å². The Morgan fingerprint density at radius 3 is 2.92 bits per heavy atom. The minimum atomic E-state index is 0.699. The van der Waals surface area contributed by atoms with Crippen LogP contribution in [-0.2, 0) is 0 Å². The second-order valence-corrected chi connectivity index (χ2v) is 3.69. The van der Waals surface area contributed by atoms with Crippen molar-refractivity contribution in [2.24, 2.45) is 0 Å². The Labute approximate surface area is 78.8 Å². The van der Waals surface area contributed by atoms with Crippen LogP contribution in [0.3, 0.4) is 0 Å². The van der Waals surface area contributed by atoms with Crippen molar-refractivity contribution >= 4 is 33.0 Å². The van der Waals surface area contributed by atoms with Gasteiger partial charge in [0, 0.05) is 10.4 Å². The Morgan fingerprint density at radius 2 is 2.17 bits per heavy atom. The van der Waals surface area contributed by atoms with Gasteiger partial charge in [0.05, 0.1) is 10.3 Å². The Hall–Kier alpha value is -1.04. The van der Waals surface area contributed by atoms with Crippen LogP contribution < -0.4 is 0 Å². The Balaban J connectivity index is 2.94. The van der Waals surface area contributed by atoms with Gasteiger partial charge in [0.25, 0.3) is 0 Å². The third-order valence-electron chi connectivity index (χ3n) is 1.68. The lowest BCUT2D eigenvalue weighted by Crippen LogP contribution is -1.73. The van der Waals surface area contributed by atoms with Crippen molar-refractivity contribution in [3.05, 3.63) is 34.2 Å². The van der Waals surface area contributed by atoms with E-state index in [1.165, 1.54) is 0 Å². The average molecular weight is 194 g/mol. The summed E-state index contributed by atoms with van der Waals surface area (Å²) in [6, 6.07) is 7.58. The van der Waals surface area contributed by atoms with E-state index in [1.807, 2.05) is 11.4 Å². The molecule has 1 aromatic carbocycles. The minimum absolute atomic E-state index is 0.699. The van der Waals surface area contributed by atoms with E-state index >= 15 is 0 Å². The fourth-order valence-electron chi connectivity index (χ4n) is 1.12. The van der Waals surface area contributed by atoms with Gasteiger partial charge in [-0.15, -0.1) is 11.3 Å². The van der Waals surface area contributed by atoms with Gasteiger partial charge >= 0.3 is 0 Å².